The topological polar surface area (TPSA) is 121 Å². The smallest absolute Gasteiger partial charge is 0.324 e. The van der Waals surface area contributed by atoms with E-state index in [-0.39, 0.29) is 50.5 Å². The fourth-order valence-electron chi connectivity index (χ4n) is 5.00. The molecule has 1 fully saturated rings. The van der Waals surface area contributed by atoms with Crippen LogP contribution in [0.25, 0.3) is 5.69 Å². The molecule has 2 N–H and O–H groups in total. The van der Waals surface area contributed by atoms with Gasteiger partial charge in [0.05, 0.1) is 24.1 Å². The predicted molar refractivity (Wildman–Crippen MR) is 138 cm³/mol. The van der Waals surface area contributed by atoms with Crippen LogP contribution in [0.15, 0.2) is 60.0 Å². The molecule has 3 atom stereocenters. The van der Waals surface area contributed by atoms with Crippen LogP contribution in [0.1, 0.15) is 19.4 Å². The van der Waals surface area contributed by atoms with Crippen molar-refractivity contribution in [3.05, 3.63) is 72.1 Å². The number of esters is 1. The number of amides is 2. The fourth-order valence-corrected chi connectivity index (χ4v) is 5.00. The van der Waals surface area contributed by atoms with Crippen molar-refractivity contribution >= 4 is 24.0 Å². The number of rotatable bonds is 9. The number of carbonyl (C=O) groups excluding carboxylic acids is 2. The molecule has 3 heterocycles. The van der Waals surface area contributed by atoms with Gasteiger partial charge in [-0.2, -0.15) is 5.01 Å². The van der Waals surface area contributed by atoms with Gasteiger partial charge in [0.15, 0.2) is 25.3 Å². The summed E-state index contributed by atoms with van der Waals surface area (Å²) in [6, 6.07) is 8.89. The fraction of sp³-hybridized carbons (Fsp3) is 0.346. The Kier molecular flexibility index (Phi) is 8.85. The van der Waals surface area contributed by atoms with E-state index < -0.39 is 29.2 Å². The van der Waals surface area contributed by atoms with Gasteiger partial charge in [0.1, 0.15) is 18.2 Å². The molecule has 2 amide bonds. The van der Waals surface area contributed by atoms with Gasteiger partial charge in [-0.3, -0.25) is 14.6 Å². The number of anilines is 1. The SMILES string of the molecule is CC(=O)OCN1C=N[NH+](C[C@](O)(c2ccc(F)cc2F)[C@@H](C)N2CCN(c3ccc(-n4ccnn4)cc3)C2=O)C1.[Cl-]. The molecule has 0 spiro atoms. The largest absolute Gasteiger partial charge is 1.00 e. The molecule has 41 heavy (non-hydrogen) atoms. The van der Waals surface area contributed by atoms with Gasteiger partial charge >= 0.3 is 12.0 Å². The first kappa shape index (κ1) is 29.8. The Labute approximate surface area is 240 Å². The molecule has 0 aliphatic carbocycles. The molecule has 2 aliphatic rings. The van der Waals surface area contributed by atoms with Crippen LogP contribution in [-0.2, 0) is 15.1 Å². The molecule has 1 saturated heterocycles. The Morgan fingerprint density at radius 2 is 1.90 bits per heavy atom. The summed E-state index contributed by atoms with van der Waals surface area (Å²) in [5, 5.41) is 24.6. The van der Waals surface area contributed by atoms with Crippen molar-refractivity contribution < 1.29 is 45.6 Å². The summed E-state index contributed by atoms with van der Waals surface area (Å²) in [6.45, 7) is 3.59. The number of urea groups is 1. The van der Waals surface area contributed by atoms with E-state index >= 15 is 4.39 Å². The summed E-state index contributed by atoms with van der Waals surface area (Å²) in [4.78, 5) is 29.4. The van der Waals surface area contributed by atoms with Gasteiger partial charge in [-0.1, -0.05) is 10.3 Å². The van der Waals surface area contributed by atoms with Gasteiger partial charge in [-0.25, -0.2) is 18.3 Å². The van der Waals surface area contributed by atoms with Gasteiger partial charge in [-0.15, -0.1) is 5.10 Å². The Morgan fingerprint density at radius 3 is 2.56 bits per heavy atom. The summed E-state index contributed by atoms with van der Waals surface area (Å²) in [5.41, 5.74) is -0.664. The monoisotopic (exact) mass is 590 g/mol. The number of hydrogen-bond donors (Lipinski definition) is 2. The second-order valence-corrected chi connectivity index (χ2v) is 9.72. The molecule has 218 valence electrons. The van der Waals surface area contributed by atoms with Crippen molar-refractivity contribution in [1.29, 1.82) is 0 Å². The summed E-state index contributed by atoms with van der Waals surface area (Å²) < 4.78 is 35.5. The van der Waals surface area contributed by atoms with Crippen LogP contribution in [0.3, 0.4) is 0 Å². The molecule has 1 aromatic heterocycles. The first-order valence-corrected chi connectivity index (χ1v) is 12.6. The van der Waals surface area contributed by atoms with E-state index in [4.69, 9.17) is 4.74 Å². The third-order valence-electron chi connectivity index (χ3n) is 7.14. The number of aliphatic hydroxyl groups is 1. The number of benzene rings is 2. The number of aromatic nitrogens is 3. The summed E-state index contributed by atoms with van der Waals surface area (Å²) in [5.74, 6) is -2.17. The number of nitrogens with zero attached hydrogens (tertiary/aromatic N) is 7. The van der Waals surface area contributed by atoms with E-state index in [1.165, 1.54) is 24.2 Å². The molecular weight excluding hydrogens is 562 g/mol. The van der Waals surface area contributed by atoms with Gasteiger partial charge in [0, 0.05) is 37.3 Å². The van der Waals surface area contributed by atoms with Crippen LogP contribution in [0.5, 0.6) is 0 Å². The number of ether oxygens (including phenoxy) is 1. The molecule has 0 bridgehead atoms. The lowest BCUT2D eigenvalue weighted by Crippen LogP contribution is -3.09. The maximum atomic E-state index is 15.1. The number of carbonyl (C=O) groups is 2. The predicted octanol–water partition coefficient (Wildman–Crippen LogP) is -2.31. The number of hydrogen-bond acceptors (Lipinski definition) is 8. The van der Waals surface area contributed by atoms with Gasteiger partial charge in [-0.05, 0) is 43.3 Å². The number of quaternary nitrogens is 1. The molecule has 12 nitrogen and oxygen atoms in total. The zero-order chi connectivity index (χ0) is 28.4. The highest BCUT2D eigenvalue weighted by Crippen LogP contribution is 2.33. The van der Waals surface area contributed by atoms with E-state index in [0.717, 1.165) is 11.8 Å². The summed E-state index contributed by atoms with van der Waals surface area (Å²) in [6.07, 6.45) is 4.74. The average Bonchev–Trinajstić information content (AvgIpc) is 3.69. The second kappa shape index (κ2) is 12.2. The van der Waals surface area contributed by atoms with E-state index in [9.17, 15) is 19.1 Å². The highest BCUT2D eigenvalue weighted by molar-refractivity contribution is 5.94. The Morgan fingerprint density at radius 1 is 1.17 bits per heavy atom. The van der Waals surface area contributed by atoms with Gasteiger partial charge in [0.2, 0.25) is 0 Å². The van der Waals surface area contributed by atoms with Crippen molar-refractivity contribution in [1.82, 2.24) is 24.8 Å². The van der Waals surface area contributed by atoms with E-state index in [1.54, 1.807) is 45.9 Å². The Bertz CT molecular complexity index is 1410. The van der Waals surface area contributed by atoms with Crippen molar-refractivity contribution in [2.75, 3.05) is 37.9 Å². The van der Waals surface area contributed by atoms with Crippen LogP contribution >= 0.6 is 0 Å². The molecule has 5 rings (SSSR count). The summed E-state index contributed by atoms with van der Waals surface area (Å²) >= 11 is 0. The van der Waals surface area contributed by atoms with E-state index in [2.05, 4.69) is 15.4 Å². The van der Waals surface area contributed by atoms with Crippen LogP contribution < -0.4 is 22.3 Å². The molecule has 1 unspecified atom stereocenters. The number of halogens is 3. The highest BCUT2D eigenvalue weighted by atomic mass is 35.5. The second-order valence-electron chi connectivity index (χ2n) is 9.72. The minimum Gasteiger partial charge on any atom is -1.00 e. The maximum Gasteiger partial charge on any atom is 0.324 e. The first-order chi connectivity index (χ1) is 19.2. The summed E-state index contributed by atoms with van der Waals surface area (Å²) in [7, 11) is 0. The number of nitrogens with one attached hydrogen (secondary N) is 1. The lowest BCUT2D eigenvalue weighted by Gasteiger charge is -2.39. The highest BCUT2D eigenvalue weighted by Gasteiger charge is 2.49. The minimum absolute atomic E-state index is 0. The van der Waals surface area contributed by atoms with Crippen molar-refractivity contribution in [3.63, 3.8) is 0 Å². The molecule has 2 aliphatic heterocycles. The van der Waals surface area contributed by atoms with Gasteiger partial charge < -0.3 is 27.2 Å². The maximum absolute atomic E-state index is 15.1. The van der Waals surface area contributed by atoms with E-state index in [1.807, 2.05) is 12.1 Å². The van der Waals surface area contributed by atoms with Crippen LogP contribution in [-0.4, -0.2) is 87.3 Å². The zero-order valence-corrected chi connectivity index (χ0v) is 23.1. The average molecular weight is 591 g/mol. The molecular formula is C26H29ClF2N8O4. The standard InChI is InChI=1S/C26H28F2N8O4.ClH/c1-18(34-11-12-35(25(34)38)21-4-6-22(7-5-21)36-10-9-29-31-36)26(39,23-8-3-20(27)13-24(23)28)14-33-16-32(15-30-33)17-40-19(2)37;/h3-10,13,15,18,39H,11-12,14,16-17H2,1-2H3;1H/t18-,26-;/m1./s1. The Balaban J connectivity index is 0.00000387. The third-order valence-corrected chi connectivity index (χ3v) is 7.14. The van der Waals surface area contributed by atoms with Crippen LogP contribution in [0, 0.1) is 11.6 Å². The lowest BCUT2D eigenvalue weighted by molar-refractivity contribution is -0.915. The molecule has 15 heteroatoms. The lowest BCUT2D eigenvalue weighted by atomic mass is 9.85. The van der Waals surface area contributed by atoms with Crippen LogP contribution in [0.4, 0.5) is 19.3 Å². The van der Waals surface area contributed by atoms with Crippen molar-refractivity contribution in [2.45, 2.75) is 25.5 Å². The molecule has 3 aromatic rings. The third kappa shape index (κ3) is 6.14. The minimum atomic E-state index is -1.94. The van der Waals surface area contributed by atoms with Crippen molar-refractivity contribution in [2.24, 2.45) is 5.10 Å². The molecule has 0 saturated carbocycles. The molecule has 2 aromatic carbocycles. The first-order valence-electron chi connectivity index (χ1n) is 12.6. The van der Waals surface area contributed by atoms with Crippen LogP contribution in [0.2, 0.25) is 0 Å². The van der Waals surface area contributed by atoms with E-state index in [0.29, 0.717) is 23.3 Å². The Hall–Kier alpha value is -4.14. The van der Waals surface area contributed by atoms with Crippen molar-refractivity contribution in [3.8, 4) is 5.69 Å². The zero-order valence-electron chi connectivity index (χ0n) is 22.3. The van der Waals surface area contributed by atoms with Gasteiger partial charge in [0.25, 0.3) is 0 Å². The molecule has 0 radical (unpaired) electrons. The normalized spacial score (nSPS) is 18.8. The quantitative estimate of drug-likeness (QED) is 0.269.